The van der Waals surface area contributed by atoms with Crippen molar-refractivity contribution in [2.24, 2.45) is 0 Å². The monoisotopic (exact) mass is 205 g/mol. The second-order valence-electron chi connectivity index (χ2n) is 2.49. The Balaban J connectivity index is 2.63. The molecule has 0 saturated heterocycles. The third kappa shape index (κ3) is 1.43. The molecule has 0 fully saturated rings. The smallest absolute Gasteiger partial charge is 0.167 e. The second-order valence-corrected chi connectivity index (χ2v) is 2.88. The maximum Gasteiger partial charge on any atom is 0.167 e. The maximum absolute atomic E-state index is 8.78. The van der Waals surface area contributed by atoms with Gasteiger partial charge in [0.25, 0.3) is 0 Å². The van der Waals surface area contributed by atoms with E-state index in [9.17, 15) is 0 Å². The van der Waals surface area contributed by atoms with Gasteiger partial charge in [-0.2, -0.15) is 10.4 Å². The van der Waals surface area contributed by atoms with Crippen LogP contribution in [0, 0.1) is 11.3 Å². The van der Waals surface area contributed by atoms with Crippen molar-refractivity contribution in [3.8, 4) is 17.3 Å². The van der Waals surface area contributed by atoms with Gasteiger partial charge in [0.2, 0.25) is 0 Å². The third-order valence-electron chi connectivity index (χ3n) is 1.62. The summed E-state index contributed by atoms with van der Waals surface area (Å²) in [7, 11) is 0. The van der Waals surface area contributed by atoms with Crippen molar-refractivity contribution in [3.63, 3.8) is 0 Å². The molecule has 0 amide bonds. The molecule has 0 atom stereocenters. The predicted molar refractivity (Wildman–Crippen MR) is 49.3 cm³/mol. The number of aromatic nitrogens is 4. The highest BCUT2D eigenvalue weighted by Crippen LogP contribution is 2.19. The summed E-state index contributed by atoms with van der Waals surface area (Å²) >= 11 is 5.68. The number of hydrogen-bond acceptors (Lipinski definition) is 4. The lowest BCUT2D eigenvalue weighted by Gasteiger charge is -1.98. The zero-order valence-electron chi connectivity index (χ0n) is 6.90. The molecule has 0 saturated carbocycles. The van der Waals surface area contributed by atoms with Crippen LogP contribution in [0.4, 0.5) is 0 Å². The topological polar surface area (TPSA) is 78.2 Å². The number of hydrogen-bond donors (Lipinski definition) is 1. The molecule has 0 aromatic carbocycles. The van der Waals surface area contributed by atoms with Crippen LogP contribution in [0.15, 0.2) is 18.6 Å². The fraction of sp³-hybridized carbons (Fsp3) is 0. The number of aromatic amines is 1. The van der Waals surface area contributed by atoms with Crippen molar-refractivity contribution in [2.75, 3.05) is 0 Å². The van der Waals surface area contributed by atoms with Crippen LogP contribution in [0.2, 0.25) is 5.15 Å². The Morgan fingerprint density at radius 2 is 2.29 bits per heavy atom. The molecular weight excluding hydrogens is 202 g/mol. The summed E-state index contributed by atoms with van der Waals surface area (Å²) in [6.45, 7) is 0. The van der Waals surface area contributed by atoms with Gasteiger partial charge in [0.05, 0.1) is 12.4 Å². The largest absolute Gasteiger partial charge is 0.285 e. The molecule has 0 radical (unpaired) electrons. The van der Waals surface area contributed by atoms with Crippen LogP contribution in [0.5, 0.6) is 0 Å². The van der Waals surface area contributed by atoms with Crippen molar-refractivity contribution in [1.82, 2.24) is 20.2 Å². The third-order valence-corrected chi connectivity index (χ3v) is 1.80. The van der Waals surface area contributed by atoms with Crippen LogP contribution in [0.1, 0.15) is 5.69 Å². The van der Waals surface area contributed by atoms with E-state index in [1.165, 1.54) is 6.20 Å². The van der Waals surface area contributed by atoms with Crippen LogP contribution in [0.25, 0.3) is 11.3 Å². The molecule has 2 aromatic rings. The number of rotatable bonds is 1. The minimum Gasteiger partial charge on any atom is -0.285 e. The van der Waals surface area contributed by atoms with Gasteiger partial charge in [-0.1, -0.05) is 11.6 Å². The summed E-state index contributed by atoms with van der Waals surface area (Å²) in [6.07, 6.45) is 4.52. The Morgan fingerprint density at radius 3 is 2.93 bits per heavy atom. The molecule has 5 nitrogen and oxygen atoms in total. The van der Waals surface area contributed by atoms with E-state index in [1.54, 1.807) is 12.4 Å². The van der Waals surface area contributed by atoms with E-state index in [1.807, 2.05) is 6.07 Å². The van der Waals surface area contributed by atoms with Gasteiger partial charge in [-0.15, -0.1) is 0 Å². The van der Waals surface area contributed by atoms with E-state index in [-0.39, 0.29) is 10.8 Å². The molecule has 14 heavy (non-hydrogen) atoms. The average molecular weight is 206 g/mol. The number of nitrogens with zero attached hydrogens (tertiary/aromatic N) is 4. The molecule has 0 spiro atoms. The van der Waals surface area contributed by atoms with Crippen molar-refractivity contribution in [2.45, 2.75) is 0 Å². The van der Waals surface area contributed by atoms with Crippen LogP contribution in [0.3, 0.4) is 0 Å². The lowest BCUT2D eigenvalue weighted by Crippen LogP contribution is -1.92. The quantitative estimate of drug-likeness (QED) is 0.763. The standard InChI is InChI=1S/C8H4ClN5/c9-7-4-11-6(1-10)8(14-7)5-2-12-13-3-5/h2-4H,(H,12,13). The molecule has 0 aliphatic heterocycles. The number of halogens is 1. The van der Waals surface area contributed by atoms with Crippen LogP contribution < -0.4 is 0 Å². The molecule has 0 aliphatic rings. The van der Waals surface area contributed by atoms with Crippen LogP contribution in [-0.2, 0) is 0 Å². The Morgan fingerprint density at radius 1 is 1.43 bits per heavy atom. The SMILES string of the molecule is N#Cc1ncc(Cl)nc1-c1cn[nH]c1. The van der Waals surface area contributed by atoms with E-state index in [2.05, 4.69) is 20.2 Å². The van der Waals surface area contributed by atoms with Gasteiger partial charge >= 0.3 is 0 Å². The van der Waals surface area contributed by atoms with Crippen molar-refractivity contribution in [1.29, 1.82) is 5.26 Å². The molecule has 68 valence electrons. The van der Waals surface area contributed by atoms with E-state index in [0.717, 1.165) is 0 Å². The van der Waals surface area contributed by atoms with E-state index in [4.69, 9.17) is 16.9 Å². The van der Waals surface area contributed by atoms with Crippen molar-refractivity contribution >= 4 is 11.6 Å². The van der Waals surface area contributed by atoms with Gasteiger partial charge in [-0.05, 0) is 0 Å². The highest BCUT2D eigenvalue weighted by Gasteiger charge is 2.09. The van der Waals surface area contributed by atoms with Gasteiger partial charge in [-0.3, -0.25) is 5.10 Å². The van der Waals surface area contributed by atoms with Gasteiger partial charge in [0.1, 0.15) is 16.9 Å². The summed E-state index contributed by atoms with van der Waals surface area (Å²) in [4.78, 5) is 7.86. The summed E-state index contributed by atoms with van der Waals surface area (Å²) in [5, 5.41) is 15.4. The van der Waals surface area contributed by atoms with E-state index in [0.29, 0.717) is 11.3 Å². The zero-order chi connectivity index (χ0) is 9.97. The minimum absolute atomic E-state index is 0.232. The van der Waals surface area contributed by atoms with Crippen molar-refractivity contribution in [3.05, 3.63) is 29.4 Å². The van der Waals surface area contributed by atoms with E-state index < -0.39 is 0 Å². The lowest BCUT2D eigenvalue weighted by atomic mass is 10.2. The van der Waals surface area contributed by atoms with E-state index >= 15 is 0 Å². The summed E-state index contributed by atoms with van der Waals surface area (Å²) in [5.74, 6) is 0. The molecular formula is C8H4ClN5. The maximum atomic E-state index is 8.78. The number of nitriles is 1. The zero-order valence-corrected chi connectivity index (χ0v) is 7.65. The summed E-state index contributed by atoms with van der Waals surface area (Å²) in [5.41, 5.74) is 1.36. The van der Waals surface area contributed by atoms with Crippen LogP contribution in [-0.4, -0.2) is 20.2 Å². The van der Waals surface area contributed by atoms with Gasteiger partial charge in [0, 0.05) is 11.8 Å². The first-order chi connectivity index (χ1) is 6.81. The highest BCUT2D eigenvalue weighted by molar-refractivity contribution is 6.29. The first-order valence-corrected chi connectivity index (χ1v) is 4.11. The second kappa shape index (κ2) is 3.44. The molecule has 2 aromatic heterocycles. The molecule has 2 rings (SSSR count). The molecule has 1 N–H and O–H groups in total. The molecule has 0 aliphatic carbocycles. The predicted octanol–water partition coefficient (Wildman–Crippen LogP) is 1.39. The lowest BCUT2D eigenvalue weighted by molar-refractivity contribution is 1.09. The van der Waals surface area contributed by atoms with Gasteiger partial charge < -0.3 is 0 Å². The van der Waals surface area contributed by atoms with Crippen molar-refractivity contribution < 1.29 is 0 Å². The van der Waals surface area contributed by atoms with Crippen LogP contribution >= 0.6 is 11.6 Å². The van der Waals surface area contributed by atoms with Gasteiger partial charge in [-0.25, -0.2) is 9.97 Å². The van der Waals surface area contributed by atoms with Gasteiger partial charge in [0.15, 0.2) is 5.69 Å². The highest BCUT2D eigenvalue weighted by atomic mass is 35.5. The molecule has 0 bridgehead atoms. The Kier molecular flexibility index (Phi) is 2.13. The summed E-state index contributed by atoms with van der Waals surface area (Å²) in [6, 6.07) is 1.94. The Bertz CT molecular complexity index is 485. The first-order valence-electron chi connectivity index (χ1n) is 3.73. The first kappa shape index (κ1) is 8.66. The average Bonchev–Trinajstić information content (AvgIpc) is 2.70. The molecule has 2 heterocycles. The Labute approximate surface area is 84.4 Å². The minimum atomic E-state index is 0.232. The summed E-state index contributed by atoms with van der Waals surface area (Å²) < 4.78 is 0. The Hall–Kier alpha value is -1.93. The molecule has 6 heteroatoms. The normalized spacial score (nSPS) is 9.71. The fourth-order valence-electron chi connectivity index (χ4n) is 1.03. The number of nitrogens with one attached hydrogen (secondary N) is 1. The number of H-pyrrole nitrogens is 1. The fourth-order valence-corrected chi connectivity index (χ4v) is 1.16. The molecule has 0 unspecified atom stereocenters.